The molecule has 5 rings (SSSR count). The van der Waals surface area contributed by atoms with Crippen LogP contribution in [0.25, 0.3) is 0 Å². The van der Waals surface area contributed by atoms with Gasteiger partial charge < -0.3 is 0 Å². The molecule has 0 amide bonds. The van der Waals surface area contributed by atoms with E-state index in [1.807, 2.05) is 11.8 Å². The molecule has 0 aromatic heterocycles. The summed E-state index contributed by atoms with van der Waals surface area (Å²) >= 11 is 2.04. The van der Waals surface area contributed by atoms with Gasteiger partial charge in [-0.25, -0.2) is 0 Å². The van der Waals surface area contributed by atoms with E-state index in [0.717, 1.165) is 77.0 Å². The summed E-state index contributed by atoms with van der Waals surface area (Å²) in [4.78, 5) is -0.0397. The van der Waals surface area contributed by atoms with Crippen LogP contribution >= 0.6 is 11.8 Å². The molecule has 31 heavy (non-hydrogen) atoms. The van der Waals surface area contributed by atoms with E-state index < -0.39 is 0 Å². The molecule has 0 aromatic carbocycles. The topological polar surface area (TPSA) is 74.2 Å². The molecule has 0 radical (unpaired) electrons. The third-order valence-electron chi connectivity index (χ3n) is 7.54. The Labute approximate surface area is 190 Å². The molecule has 1 aliphatic heterocycles. The van der Waals surface area contributed by atoms with Crippen molar-refractivity contribution in [2.75, 3.05) is 0 Å². The molecule has 4 saturated carbocycles. The molecule has 2 spiro atoms. The van der Waals surface area contributed by atoms with Gasteiger partial charge in [0.15, 0.2) is 0 Å². The average Bonchev–Trinajstić information content (AvgIpc) is 3.17. The summed E-state index contributed by atoms with van der Waals surface area (Å²) in [5, 5.41) is 28.2. The quantitative estimate of drug-likeness (QED) is 0.417. The fourth-order valence-corrected chi connectivity index (χ4v) is 7.13. The maximum atomic E-state index is 4.86. The molecule has 0 bridgehead atoms. The van der Waals surface area contributed by atoms with Crippen molar-refractivity contribution in [1.82, 2.24) is 0 Å². The van der Waals surface area contributed by atoms with Gasteiger partial charge in [0, 0.05) is 22.8 Å². The zero-order valence-corrected chi connectivity index (χ0v) is 19.6. The predicted octanol–water partition coefficient (Wildman–Crippen LogP) is 7.25. The monoisotopic (exact) mass is 440 g/mol. The first-order chi connectivity index (χ1) is 15.2. The average molecular weight is 441 g/mol. The lowest BCUT2D eigenvalue weighted by molar-refractivity contribution is 0.478. The van der Waals surface area contributed by atoms with E-state index >= 15 is 0 Å². The van der Waals surface area contributed by atoms with Crippen molar-refractivity contribution in [1.29, 1.82) is 0 Å². The minimum Gasteiger partial charge on any atom is -0.175 e. The highest BCUT2D eigenvalue weighted by Crippen LogP contribution is 2.57. The van der Waals surface area contributed by atoms with Crippen LogP contribution in [-0.2, 0) is 0 Å². The van der Waals surface area contributed by atoms with Gasteiger partial charge in [-0.2, -0.15) is 30.6 Å². The van der Waals surface area contributed by atoms with Crippen LogP contribution in [0, 0.1) is 0 Å². The Bertz CT molecular complexity index is 722. The number of azo groups is 1. The van der Waals surface area contributed by atoms with E-state index in [9.17, 15) is 0 Å². The number of thioether (sulfide) groups is 1. The fourth-order valence-electron chi connectivity index (χ4n) is 5.44. The first-order valence-corrected chi connectivity index (χ1v) is 13.4. The number of nitrogens with zero attached hydrogens (tertiary/aromatic N) is 6. The Morgan fingerprint density at radius 3 is 1.13 bits per heavy atom. The van der Waals surface area contributed by atoms with Gasteiger partial charge in [-0.15, -0.1) is 0 Å². The van der Waals surface area contributed by atoms with Gasteiger partial charge in [-0.05, 0) is 103 Å². The summed E-state index contributed by atoms with van der Waals surface area (Å²) < 4.78 is 0. The van der Waals surface area contributed by atoms with Crippen LogP contribution in [0.3, 0.4) is 0 Å². The van der Waals surface area contributed by atoms with Crippen LogP contribution in [0.4, 0.5) is 0 Å². The molecule has 0 saturated heterocycles. The van der Waals surface area contributed by atoms with Crippen LogP contribution in [0.2, 0.25) is 0 Å². The summed E-state index contributed by atoms with van der Waals surface area (Å²) in [6.45, 7) is 0. The predicted molar refractivity (Wildman–Crippen MR) is 131 cm³/mol. The van der Waals surface area contributed by atoms with Gasteiger partial charge in [0.05, 0.1) is 0 Å². The standard InChI is InChI=1S/C24H36N6S/c1-3-7-19(8-4-1)25-27-21-11-15-23(16-12-21)29-30-24(31-23)17-13-22(14-18-24)28-26-20-9-5-2-6-10-20/h1-18H2. The maximum Gasteiger partial charge on any atom is 0.130 e. The van der Waals surface area contributed by atoms with Crippen molar-refractivity contribution in [3.8, 4) is 0 Å². The Kier molecular flexibility index (Phi) is 6.67. The van der Waals surface area contributed by atoms with Gasteiger partial charge in [-0.3, -0.25) is 0 Å². The molecular formula is C24H36N6S. The van der Waals surface area contributed by atoms with E-state index in [0.29, 0.717) is 0 Å². The third-order valence-corrected chi connectivity index (χ3v) is 9.28. The van der Waals surface area contributed by atoms with Crippen LogP contribution in [0.15, 0.2) is 30.6 Å². The molecule has 0 N–H and O–H groups in total. The van der Waals surface area contributed by atoms with Crippen molar-refractivity contribution in [2.45, 2.75) is 125 Å². The van der Waals surface area contributed by atoms with Gasteiger partial charge in [0.25, 0.3) is 0 Å². The molecule has 6 nitrogen and oxygen atoms in total. The summed E-state index contributed by atoms with van der Waals surface area (Å²) in [6, 6.07) is 0. The molecule has 168 valence electrons. The van der Waals surface area contributed by atoms with Gasteiger partial charge >= 0.3 is 0 Å². The van der Waals surface area contributed by atoms with Crippen molar-refractivity contribution in [3.05, 3.63) is 0 Å². The highest BCUT2D eigenvalue weighted by atomic mass is 32.2. The Morgan fingerprint density at radius 1 is 0.452 bits per heavy atom. The third kappa shape index (κ3) is 5.35. The number of hydrogen-bond donors (Lipinski definition) is 0. The largest absolute Gasteiger partial charge is 0.175 e. The molecule has 4 fully saturated rings. The second-order valence-corrected chi connectivity index (χ2v) is 11.7. The zero-order valence-electron chi connectivity index (χ0n) is 18.8. The zero-order chi connectivity index (χ0) is 21.0. The molecular weight excluding hydrogens is 404 g/mol. The molecule has 0 aromatic rings. The lowest BCUT2D eigenvalue weighted by Gasteiger charge is -2.35. The van der Waals surface area contributed by atoms with Gasteiger partial charge in [-0.1, -0.05) is 24.6 Å². The molecule has 0 unspecified atom stereocenters. The first kappa shape index (κ1) is 21.5. The van der Waals surface area contributed by atoms with Crippen LogP contribution in [-0.4, -0.2) is 32.6 Å². The maximum absolute atomic E-state index is 4.86. The molecule has 0 atom stereocenters. The van der Waals surface area contributed by atoms with Gasteiger partial charge in [0.1, 0.15) is 9.74 Å². The molecule has 5 aliphatic rings. The smallest absolute Gasteiger partial charge is 0.130 e. The van der Waals surface area contributed by atoms with E-state index in [1.165, 1.54) is 61.4 Å². The molecule has 1 heterocycles. The Hall–Kier alpha value is -1.37. The lowest BCUT2D eigenvalue weighted by Crippen LogP contribution is -2.33. The van der Waals surface area contributed by atoms with Crippen molar-refractivity contribution in [3.63, 3.8) is 0 Å². The van der Waals surface area contributed by atoms with Crippen molar-refractivity contribution >= 4 is 34.6 Å². The summed E-state index contributed by atoms with van der Waals surface area (Å²) in [5.41, 5.74) is 5.14. The van der Waals surface area contributed by atoms with Crippen LogP contribution < -0.4 is 0 Å². The lowest BCUT2D eigenvalue weighted by atomic mass is 9.93. The second-order valence-electron chi connectivity index (χ2n) is 9.98. The van der Waals surface area contributed by atoms with E-state index in [1.54, 1.807) is 0 Å². The fraction of sp³-hybridized carbons (Fsp3) is 0.833. The minimum absolute atomic E-state index is 0.0199. The normalized spacial score (nSPS) is 33.8. The molecule has 7 heteroatoms. The highest BCUT2D eigenvalue weighted by Gasteiger charge is 2.50. The van der Waals surface area contributed by atoms with Crippen LogP contribution in [0.1, 0.15) is 116 Å². The SMILES string of the molecule is C1CCC(=NN=C2CCC3(CC2)N=NC2(CCC(=NN=C4CCCCC4)CC2)S3)CC1. The van der Waals surface area contributed by atoms with E-state index in [-0.39, 0.29) is 9.74 Å². The first-order valence-electron chi connectivity index (χ1n) is 12.6. The second kappa shape index (κ2) is 9.63. The molecule has 4 aliphatic carbocycles. The summed E-state index contributed by atoms with van der Waals surface area (Å²) in [7, 11) is 0. The summed E-state index contributed by atoms with van der Waals surface area (Å²) in [5.74, 6) is 0. The van der Waals surface area contributed by atoms with E-state index in [2.05, 4.69) is 20.4 Å². The van der Waals surface area contributed by atoms with Gasteiger partial charge in [0.2, 0.25) is 0 Å². The van der Waals surface area contributed by atoms with Crippen molar-refractivity contribution < 1.29 is 0 Å². The van der Waals surface area contributed by atoms with E-state index in [4.69, 9.17) is 10.2 Å². The van der Waals surface area contributed by atoms with Crippen molar-refractivity contribution in [2.24, 2.45) is 30.6 Å². The van der Waals surface area contributed by atoms with Crippen LogP contribution in [0.5, 0.6) is 0 Å². The Balaban J connectivity index is 1.13. The number of rotatable bonds is 2. The Morgan fingerprint density at radius 2 is 0.774 bits per heavy atom. The summed E-state index contributed by atoms with van der Waals surface area (Å²) in [6.07, 6.45) is 20.7. The highest BCUT2D eigenvalue weighted by molar-refractivity contribution is 8.02. The number of hydrogen-bond acceptors (Lipinski definition) is 7. The minimum atomic E-state index is -0.0199.